The molecule has 8 nitrogen and oxygen atoms in total. The van der Waals surface area contributed by atoms with Crippen molar-refractivity contribution in [1.29, 1.82) is 0 Å². The van der Waals surface area contributed by atoms with Gasteiger partial charge in [-0.25, -0.2) is 19.3 Å². The van der Waals surface area contributed by atoms with Crippen molar-refractivity contribution < 1.29 is 9.50 Å². The minimum absolute atomic E-state index is 0.0279. The Balaban J connectivity index is 1.58. The molecule has 0 bridgehead atoms. The number of likely N-dealkylation sites (tertiary alicyclic amines) is 1. The third-order valence-electron chi connectivity index (χ3n) is 4.96. The lowest BCUT2D eigenvalue weighted by Gasteiger charge is -2.23. The fourth-order valence-electron chi connectivity index (χ4n) is 3.48. The molecule has 3 aromatic heterocycles. The number of fused-ring (bicyclic) bond motifs is 1. The van der Waals surface area contributed by atoms with E-state index in [1.807, 2.05) is 0 Å². The van der Waals surface area contributed by atoms with Crippen LogP contribution < -0.4 is 11.1 Å². The number of rotatable bonds is 4. The quantitative estimate of drug-likeness (QED) is 0.492. The van der Waals surface area contributed by atoms with Gasteiger partial charge in [0.2, 0.25) is 0 Å². The average molecular weight is 406 g/mol. The van der Waals surface area contributed by atoms with Crippen LogP contribution in [0, 0.1) is 5.82 Å². The van der Waals surface area contributed by atoms with E-state index in [-0.39, 0.29) is 11.9 Å². The zero-order chi connectivity index (χ0) is 19.7. The molecule has 5 N–H and O–H groups in total. The Bertz CT molecular complexity index is 980. The zero-order valence-electron chi connectivity index (χ0n) is 15.1. The topological polar surface area (TPSA) is 116 Å². The molecular formula is C18H21ClFN7O. The Morgan fingerprint density at radius 3 is 3.00 bits per heavy atom. The molecule has 0 radical (unpaired) electrons. The van der Waals surface area contributed by atoms with Crippen LogP contribution in [0.5, 0.6) is 0 Å². The number of hydrogen-bond donors (Lipinski definition) is 4. The number of pyridine rings is 1. The second-order valence-electron chi connectivity index (χ2n) is 6.86. The van der Waals surface area contributed by atoms with Gasteiger partial charge in [0.1, 0.15) is 5.65 Å². The van der Waals surface area contributed by atoms with Gasteiger partial charge in [-0.15, -0.1) is 0 Å². The fourth-order valence-corrected chi connectivity index (χ4v) is 3.64. The molecular weight excluding hydrogens is 385 g/mol. The number of aromatic nitrogens is 4. The van der Waals surface area contributed by atoms with Crippen molar-refractivity contribution in [2.75, 3.05) is 18.4 Å². The molecule has 0 saturated carbocycles. The smallest absolute Gasteiger partial charge is 0.183 e. The second-order valence-corrected chi connectivity index (χ2v) is 7.30. The van der Waals surface area contributed by atoms with Crippen molar-refractivity contribution in [3.05, 3.63) is 35.5 Å². The summed E-state index contributed by atoms with van der Waals surface area (Å²) in [4.78, 5) is 17.6. The maximum Gasteiger partial charge on any atom is 0.183 e. The Morgan fingerprint density at radius 1 is 1.32 bits per heavy atom. The lowest BCUT2D eigenvalue weighted by atomic mass is 10.1. The van der Waals surface area contributed by atoms with Gasteiger partial charge in [0, 0.05) is 42.5 Å². The summed E-state index contributed by atoms with van der Waals surface area (Å²) in [5.74, 6) is 0.0210. The highest BCUT2D eigenvalue weighted by atomic mass is 35.5. The van der Waals surface area contributed by atoms with E-state index >= 15 is 0 Å². The molecule has 1 aliphatic rings. The first-order valence-electron chi connectivity index (χ1n) is 9.11. The monoisotopic (exact) mass is 405 g/mol. The van der Waals surface area contributed by atoms with E-state index in [4.69, 9.17) is 17.3 Å². The van der Waals surface area contributed by atoms with Crippen LogP contribution in [0.15, 0.2) is 24.7 Å². The number of hydrogen-bond acceptors (Lipinski definition) is 7. The van der Waals surface area contributed by atoms with Crippen LogP contribution in [0.25, 0.3) is 22.4 Å². The van der Waals surface area contributed by atoms with Crippen molar-refractivity contribution in [1.82, 2.24) is 24.8 Å². The molecule has 2 atom stereocenters. The van der Waals surface area contributed by atoms with E-state index in [0.29, 0.717) is 35.1 Å². The molecule has 148 valence electrons. The number of halogens is 2. The van der Waals surface area contributed by atoms with Crippen molar-refractivity contribution in [2.24, 2.45) is 5.73 Å². The molecule has 3 aromatic rings. The van der Waals surface area contributed by atoms with E-state index in [1.165, 1.54) is 0 Å². The molecule has 1 saturated heterocycles. The molecule has 1 fully saturated rings. The van der Waals surface area contributed by atoms with Crippen LogP contribution in [-0.4, -0.2) is 55.4 Å². The molecule has 10 heteroatoms. The van der Waals surface area contributed by atoms with Crippen molar-refractivity contribution in [3.63, 3.8) is 0 Å². The first kappa shape index (κ1) is 19.0. The first-order chi connectivity index (χ1) is 13.5. The van der Waals surface area contributed by atoms with Gasteiger partial charge >= 0.3 is 0 Å². The number of H-pyrrole nitrogens is 1. The summed E-state index contributed by atoms with van der Waals surface area (Å²) in [6.07, 6.45) is 5.87. The molecule has 0 spiro atoms. The largest absolute Gasteiger partial charge is 0.365 e. The van der Waals surface area contributed by atoms with E-state index in [2.05, 4.69) is 25.3 Å². The lowest BCUT2D eigenvalue weighted by Crippen LogP contribution is -2.42. The van der Waals surface area contributed by atoms with E-state index < -0.39 is 12.2 Å². The predicted molar refractivity (Wildman–Crippen MR) is 105 cm³/mol. The number of aromatic amines is 1. The average Bonchev–Trinajstić information content (AvgIpc) is 2.93. The number of anilines is 1. The van der Waals surface area contributed by atoms with Crippen LogP contribution in [0.4, 0.5) is 10.2 Å². The van der Waals surface area contributed by atoms with Gasteiger partial charge in [0.25, 0.3) is 0 Å². The number of nitrogens with zero attached hydrogens (tertiary/aromatic N) is 4. The highest BCUT2D eigenvalue weighted by Gasteiger charge is 2.21. The van der Waals surface area contributed by atoms with Gasteiger partial charge in [0.15, 0.2) is 23.8 Å². The van der Waals surface area contributed by atoms with Crippen LogP contribution >= 0.6 is 11.6 Å². The Kier molecular flexibility index (Phi) is 5.40. The molecule has 28 heavy (non-hydrogen) atoms. The van der Waals surface area contributed by atoms with Crippen LogP contribution in [0.1, 0.15) is 19.3 Å². The molecule has 4 rings (SSSR count). The van der Waals surface area contributed by atoms with Crippen molar-refractivity contribution >= 4 is 28.5 Å². The van der Waals surface area contributed by atoms with Crippen LogP contribution in [0.3, 0.4) is 0 Å². The van der Waals surface area contributed by atoms with Crippen LogP contribution in [-0.2, 0) is 0 Å². The molecule has 0 aromatic carbocycles. The number of nitrogens with one attached hydrogen (secondary N) is 2. The standard InChI is InChI=1S/C18H21ClFN7O/c19-10-6-12-13(8-23-15(12)22-7-10)16-24-9-14(20)17(26-16)25-11-2-1-4-27(5-3-11)18(21)28/h6-9,11,18,28H,1-5,21H2,(H,22,23)(H,24,25,26). The summed E-state index contributed by atoms with van der Waals surface area (Å²) in [5.41, 5.74) is 6.91. The highest BCUT2D eigenvalue weighted by Crippen LogP contribution is 2.28. The molecule has 0 amide bonds. The molecule has 2 unspecified atom stereocenters. The Hall–Kier alpha value is -2.33. The normalized spacial score (nSPS) is 19.5. The third-order valence-corrected chi connectivity index (χ3v) is 5.17. The molecule has 0 aliphatic carbocycles. The van der Waals surface area contributed by atoms with Gasteiger partial charge in [-0.2, -0.15) is 0 Å². The molecule has 4 heterocycles. The zero-order valence-corrected chi connectivity index (χ0v) is 15.8. The van der Waals surface area contributed by atoms with Gasteiger partial charge < -0.3 is 15.4 Å². The van der Waals surface area contributed by atoms with Crippen molar-refractivity contribution in [2.45, 2.75) is 31.7 Å². The lowest BCUT2D eigenvalue weighted by molar-refractivity contribution is 0.0113. The number of aliphatic hydroxyl groups excluding tert-OH is 1. The van der Waals surface area contributed by atoms with Gasteiger partial charge in [-0.3, -0.25) is 10.6 Å². The van der Waals surface area contributed by atoms with Crippen molar-refractivity contribution in [3.8, 4) is 11.4 Å². The van der Waals surface area contributed by atoms with E-state index in [9.17, 15) is 9.50 Å². The van der Waals surface area contributed by atoms with E-state index in [0.717, 1.165) is 30.8 Å². The van der Waals surface area contributed by atoms with Gasteiger partial charge in [-0.1, -0.05) is 11.6 Å². The minimum atomic E-state index is -0.969. The summed E-state index contributed by atoms with van der Waals surface area (Å²) in [6.45, 7) is 1.33. The van der Waals surface area contributed by atoms with Gasteiger partial charge in [0.05, 0.1) is 11.2 Å². The summed E-state index contributed by atoms with van der Waals surface area (Å²) >= 11 is 6.05. The number of aliphatic hydroxyl groups is 1. The Labute approximate surface area is 165 Å². The fraction of sp³-hybridized carbons (Fsp3) is 0.389. The minimum Gasteiger partial charge on any atom is -0.365 e. The van der Waals surface area contributed by atoms with Gasteiger partial charge in [-0.05, 0) is 25.3 Å². The first-order valence-corrected chi connectivity index (χ1v) is 9.49. The summed E-state index contributed by atoms with van der Waals surface area (Å²) in [6, 6.07) is 1.80. The SMILES string of the molecule is NC(O)N1CCCC(Nc2nc(-c3c[nH]c4ncc(Cl)cc34)ncc2F)CC1. The van der Waals surface area contributed by atoms with E-state index in [1.54, 1.807) is 23.4 Å². The predicted octanol–water partition coefficient (Wildman–Crippen LogP) is 2.31. The summed E-state index contributed by atoms with van der Waals surface area (Å²) in [7, 11) is 0. The maximum atomic E-state index is 14.4. The highest BCUT2D eigenvalue weighted by molar-refractivity contribution is 6.31. The molecule has 1 aliphatic heterocycles. The Morgan fingerprint density at radius 2 is 2.18 bits per heavy atom. The maximum absolute atomic E-state index is 14.4. The van der Waals surface area contributed by atoms with Crippen LogP contribution in [0.2, 0.25) is 5.02 Å². The summed E-state index contributed by atoms with van der Waals surface area (Å²) in [5, 5.41) is 14.0. The summed E-state index contributed by atoms with van der Waals surface area (Å²) < 4.78 is 14.4. The third kappa shape index (κ3) is 3.93. The number of nitrogens with two attached hydrogens (primary N) is 1. The second kappa shape index (κ2) is 7.96.